The van der Waals surface area contributed by atoms with Crippen LogP contribution in [0.3, 0.4) is 0 Å². The van der Waals surface area contributed by atoms with Gasteiger partial charge in [-0.1, -0.05) is 301 Å². The third-order valence-corrected chi connectivity index (χ3v) is 15.5. The minimum atomic E-state index is -0.659. The molecule has 0 aliphatic carbocycles. The number of aliphatic hydroxyl groups is 2. The van der Waals surface area contributed by atoms with Gasteiger partial charge in [0.05, 0.1) is 25.4 Å². The summed E-state index contributed by atoms with van der Waals surface area (Å²) >= 11 is 0. The van der Waals surface area contributed by atoms with E-state index in [1.54, 1.807) is 0 Å². The highest BCUT2D eigenvalue weighted by Crippen LogP contribution is 2.18. The first-order chi connectivity index (χ1) is 36.0. The van der Waals surface area contributed by atoms with E-state index in [0.717, 1.165) is 44.9 Å². The highest BCUT2D eigenvalue weighted by atomic mass is 16.5. The van der Waals surface area contributed by atoms with Crippen molar-refractivity contribution in [3.05, 3.63) is 24.3 Å². The Hall–Kier alpha value is -1.66. The van der Waals surface area contributed by atoms with E-state index in [1.807, 2.05) is 0 Å². The molecule has 0 radical (unpaired) electrons. The molecule has 0 fully saturated rings. The summed E-state index contributed by atoms with van der Waals surface area (Å²) < 4.78 is 5.47. The average Bonchev–Trinajstić information content (AvgIpc) is 3.39. The number of rotatable bonds is 62. The van der Waals surface area contributed by atoms with Crippen LogP contribution in [0.25, 0.3) is 0 Å². The maximum Gasteiger partial charge on any atom is 0.305 e. The zero-order chi connectivity index (χ0) is 52.9. The van der Waals surface area contributed by atoms with Crippen molar-refractivity contribution in [1.82, 2.24) is 5.32 Å². The molecule has 0 aromatic heterocycles. The smallest absolute Gasteiger partial charge is 0.305 e. The van der Waals surface area contributed by atoms with E-state index in [0.29, 0.717) is 25.9 Å². The zero-order valence-corrected chi connectivity index (χ0v) is 49.4. The lowest BCUT2D eigenvalue weighted by Crippen LogP contribution is -2.45. The maximum atomic E-state index is 12.4. The van der Waals surface area contributed by atoms with Crippen molar-refractivity contribution in [2.24, 2.45) is 0 Å². The van der Waals surface area contributed by atoms with Crippen molar-refractivity contribution in [3.63, 3.8) is 0 Å². The van der Waals surface area contributed by atoms with Gasteiger partial charge in [0.1, 0.15) is 0 Å². The number of carbonyl (C=O) groups excluding carboxylic acids is 2. The van der Waals surface area contributed by atoms with Gasteiger partial charge in [0.15, 0.2) is 0 Å². The topological polar surface area (TPSA) is 95.9 Å². The second kappa shape index (κ2) is 62.9. The molecule has 6 heteroatoms. The summed E-state index contributed by atoms with van der Waals surface area (Å²) in [6.07, 6.45) is 78.1. The molecular weight excluding hydrogens is 899 g/mol. The lowest BCUT2D eigenvalue weighted by Gasteiger charge is -2.22. The van der Waals surface area contributed by atoms with E-state index < -0.39 is 12.1 Å². The van der Waals surface area contributed by atoms with E-state index in [4.69, 9.17) is 4.74 Å². The number of nitrogens with one attached hydrogen (secondary N) is 1. The Morgan fingerprint density at radius 1 is 0.370 bits per heavy atom. The summed E-state index contributed by atoms with van der Waals surface area (Å²) in [5, 5.41) is 23.1. The summed E-state index contributed by atoms with van der Waals surface area (Å²) in [6, 6.07) is -0.536. The molecule has 0 rings (SSSR count). The molecule has 6 nitrogen and oxygen atoms in total. The molecular formula is C67H129NO5. The molecule has 432 valence electrons. The molecule has 2 atom stereocenters. The molecule has 0 aliphatic rings. The SMILES string of the molecule is CCCCC/C=C\CCCCCCCC(=O)OCCCCCCCCCCCCCCCC/C=C\CCCCCCCCCCCCCCCCCCCC(=O)NC(CO)C(O)CCCCCCCCCCC. The van der Waals surface area contributed by atoms with Crippen molar-refractivity contribution < 1.29 is 24.5 Å². The Morgan fingerprint density at radius 3 is 1.00 bits per heavy atom. The third kappa shape index (κ3) is 59.4. The molecule has 0 saturated heterocycles. The summed E-state index contributed by atoms with van der Waals surface area (Å²) in [6.45, 7) is 4.93. The fourth-order valence-electron chi connectivity index (χ4n) is 10.4. The first-order valence-electron chi connectivity index (χ1n) is 33.1. The summed E-state index contributed by atoms with van der Waals surface area (Å²) in [5.74, 6) is -0.0222. The molecule has 0 aromatic rings. The largest absolute Gasteiger partial charge is 0.466 e. The third-order valence-electron chi connectivity index (χ3n) is 15.5. The summed E-state index contributed by atoms with van der Waals surface area (Å²) in [7, 11) is 0. The van der Waals surface area contributed by atoms with Gasteiger partial charge in [-0.15, -0.1) is 0 Å². The summed E-state index contributed by atoms with van der Waals surface area (Å²) in [4.78, 5) is 24.4. The molecule has 0 spiro atoms. The average molecular weight is 1030 g/mol. The van der Waals surface area contributed by atoms with E-state index in [1.165, 1.54) is 289 Å². The maximum absolute atomic E-state index is 12.4. The van der Waals surface area contributed by atoms with Crippen molar-refractivity contribution in [2.45, 2.75) is 379 Å². The van der Waals surface area contributed by atoms with Gasteiger partial charge >= 0.3 is 5.97 Å². The number of allylic oxidation sites excluding steroid dienone is 4. The number of esters is 1. The van der Waals surface area contributed by atoms with Gasteiger partial charge in [0.2, 0.25) is 5.91 Å². The number of carbonyl (C=O) groups is 2. The molecule has 1 amide bonds. The van der Waals surface area contributed by atoms with Crippen molar-refractivity contribution in [1.29, 1.82) is 0 Å². The lowest BCUT2D eigenvalue weighted by molar-refractivity contribution is -0.143. The minimum Gasteiger partial charge on any atom is -0.466 e. The number of amides is 1. The van der Waals surface area contributed by atoms with Crippen LogP contribution in [0.2, 0.25) is 0 Å². The van der Waals surface area contributed by atoms with Crippen LogP contribution >= 0.6 is 0 Å². The highest BCUT2D eigenvalue weighted by molar-refractivity contribution is 5.76. The van der Waals surface area contributed by atoms with Crippen LogP contribution in [-0.4, -0.2) is 47.4 Å². The molecule has 0 aromatic carbocycles. The van der Waals surface area contributed by atoms with Gasteiger partial charge in [-0.3, -0.25) is 9.59 Å². The highest BCUT2D eigenvalue weighted by Gasteiger charge is 2.20. The van der Waals surface area contributed by atoms with Crippen LogP contribution < -0.4 is 5.32 Å². The van der Waals surface area contributed by atoms with E-state index >= 15 is 0 Å². The van der Waals surface area contributed by atoms with Gasteiger partial charge in [0.25, 0.3) is 0 Å². The monoisotopic (exact) mass is 1030 g/mol. The predicted octanol–water partition coefficient (Wildman–Crippen LogP) is 21.0. The first kappa shape index (κ1) is 71.3. The molecule has 0 heterocycles. The van der Waals surface area contributed by atoms with Gasteiger partial charge < -0.3 is 20.3 Å². The molecule has 3 N–H and O–H groups in total. The number of hydrogen-bond donors (Lipinski definition) is 3. The Labute approximate surface area is 456 Å². The van der Waals surface area contributed by atoms with Crippen LogP contribution in [0, 0.1) is 0 Å². The Balaban J connectivity index is 3.31. The Bertz CT molecular complexity index is 1140. The number of ether oxygens (including phenoxy) is 1. The molecule has 0 aliphatic heterocycles. The number of aliphatic hydroxyl groups excluding tert-OH is 2. The van der Waals surface area contributed by atoms with Crippen LogP contribution in [0.15, 0.2) is 24.3 Å². The van der Waals surface area contributed by atoms with Crippen LogP contribution in [0.5, 0.6) is 0 Å². The van der Waals surface area contributed by atoms with Crippen LogP contribution in [0.1, 0.15) is 367 Å². The van der Waals surface area contributed by atoms with Gasteiger partial charge in [-0.05, 0) is 77.0 Å². The molecule has 0 bridgehead atoms. The predicted molar refractivity (Wildman–Crippen MR) is 320 cm³/mol. The quantitative estimate of drug-likeness (QED) is 0.0320. The minimum absolute atomic E-state index is 0.0102. The van der Waals surface area contributed by atoms with Crippen molar-refractivity contribution in [2.75, 3.05) is 13.2 Å². The Kier molecular flexibility index (Phi) is 61.4. The molecule has 2 unspecified atom stereocenters. The van der Waals surface area contributed by atoms with Gasteiger partial charge in [-0.25, -0.2) is 0 Å². The van der Waals surface area contributed by atoms with Gasteiger partial charge in [-0.2, -0.15) is 0 Å². The standard InChI is InChI=1S/C67H129NO5/c1-3-5-7-9-11-13-14-41-45-49-53-57-61-67(72)73-62-58-54-50-46-42-39-37-35-33-31-29-27-25-23-21-19-17-15-16-18-20-22-24-26-28-30-32-34-36-38-40-44-48-52-56-60-66(71)68-64(63-69)65(70)59-55-51-47-43-12-10-8-6-4-2/h11,13,17,19,64-65,69-70H,3-10,12,14-16,18,20-63H2,1-2H3,(H,68,71)/b13-11-,19-17-. The normalized spacial score (nSPS) is 12.7. The number of hydrogen-bond acceptors (Lipinski definition) is 5. The Morgan fingerprint density at radius 2 is 0.644 bits per heavy atom. The van der Waals surface area contributed by atoms with Crippen LogP contribution in [0.4, 0.5) is 0 Å². The van der Waals surface area contributed by atoms with E-state index in [9.17, 15) is 19.8 Å². The van der Waals surface area contributed by atoms with E-state index in [2.05, 4.69) is 43.5 Å². The number of unbranched alkanes of at least 4 members (excludes halogenated alkanes) is 47. The van der Waals surface area contributed by atoms with Crippen molar-refractivity contribution in [3.8, 4) is 0 Å². The second-order valence-electron chi connectivity index (χ2n) is 22.8. The van der Waals surface area contributed by atoms with Gasteiger partial charge in [0, 0.05) is 12.8 Å². The van der Waals surface area contributed by atoms with Crippen molar-refractivity contribution >= 4 is 11.9 Å². The fourth-order valence-corrected chi connectivity index (χ4v) is 10.4. The zero-order valence-electron chi connectivity index (χ0n) is 49.4. The van der Waals surface area contributed by atoms with E-state index in [-0.39, 0.29) is 18.5 Å². The first-order valence-corrected chi connectivity index (χ1v) is 33.1. The second-order valence-corrected chi connectivity index (χ2v) is 22.8. The molecule has 0 saturated carbocycles. The lowest BCUT2D eigenvalue weighted by atomic mass is 10.0. The molecule has 73 heavy (non-hydrogen) atoms. The fraction of sp³-hybridized carbons (Fsp3) is 0.910. The summed E-state index contributed by atoms with van der Waals surface area (Å²) in [5.41, 5.74) is 0. The van der Waals surface area contributed by atoms with Crippen LogP contribution in [-0.2, 0) is 14.3 Å².